The molecule has 1 aliphatic rings. The Balaban J connectivity index is 1.68. The molecule has 1 saturated heterocycles. The number of halogens is 1. The van der Waals surface area contributed by atoms with Gasteiger partial charge in [0.25, 0.3) is 5.91 Å². The molecule has 3 rings (SSSR count). The van der Waals surface area contributed by atoms with Gasteiger partial charge >= 0.3 is 0 Å². The molecule has 2 aromatic carbocycles. The van der Waals surface area contributed by atoms with Gasteiger partial charge in [-0.15, -0.1) is 0 Å². The number of benzene rings is 2. The molecule has 0 radical (unpaired) electrons. The zero-order valence-corrected chi connectivity index (χ0v) is 13.9. The van der Waals surface area contributed by atoms with Crippen LogP contribution in [0.4, 0.5) is 5.69 Å². The zero-order chi connectivity index (χ0) is 17.1. The van der Waals surface area contributed by atoms with Crippen LogP contribution in [-0.4, -0.2) is 31.5 Å². The Hall–Kier alpha value is -2.53. The van der Waals surface area contributed by atoms with Gasteiger partial charge in [0.15, 0.2) is 0 Å². The van der Waals surface area contributed by atoms with Crippen molar-refractivity contribution in [2.75, 3.05) is 18.6 Å². The van der Waals surface area contributed by atoms with Crippen LogP contribution in [0.1, 0.15) is 16.8 Å². The highest BCUT2D eigenvalue weighted by molar-refractivity contribution is 6.30. The van der Waals surface area contributed by atoms with Gasteiger partial charge < -0.3 is 15.0 Å². The maximum Gasteiger partial charge on any atom is 0.251 e. The molecule has 124 valence electrons. The molecule has 24 heavy (non-hydrogen) atoms. The quantitative estimate of drug-likeness (QED) is 0.927. The number of carbonyl (C=O) groups excluding carboxylic acids is 2. The van der Waals surface area contributed by atoms with Crippen molar-refractivity contribution in [1.29, 1.82) is 0 Å². The number of methoxy groups -OCH3 is 1. The van der Waals surface area contributed by atoms with E-state index in [4.69, 9.17) is 16.3 Å². The first kappa shape index (κ1) is 16.3. The minimum absolute atomic E-state index is 0.0235. The Morgan fingerprint density at radius 2 is 2.00 bits per heavy atom. The number of amides is 2. The van der Waals surface area contributed by atoms with Gasteiger partial charge in [-0.3, -0.25) is 9.59 Å². The number of rotatable bonds is 4. The average Bonchev–Trinajstić information content (AvgIpc) is 2.95. The van der Waals surface area contributed by atoms with E-state index in [2.05, 4.69) is 5.32 Å². The van der Waals surface area contributed by atoms with Crippen molar-refractivity contribution in [3.8, 4) is 5.75 Å². The summed E-state index contributed by atoms with van der Waals surface area (Å²) in [5, 5.41) is 3.47. The second kappa shape index (κ2) is 6.93. The third kappa shape index (κ3) is 3.51. The molecule has 1 fully saturated rings. The molecule has 1 atom stereocenters. The fourth-order valence-corrected chi connectivity index (χ4v) is 2.83. The van der Waals surface area contributed by atoms with Crippen LogP contribution in [0.5, 0.6) is 5.75 Å². The van der Waals surface area contributed by atoms with Gasteiger partial charge in [-0.1, -0.05) is 17.7 Å². The number of ether oxygens (including phenoxy) is 1. The lowest BCUT2D eigenvalue weighted by Gasteiger charge is -2.18. The largest absolute Gasteiger partial charge is 0.497 e. The van der Waals surface area contributed by atoms with Crippen molar-refractivity contribution >= 4 is 29.1 Å². The topological polar surface area (TPSA) is 58.6 Å². The van der Waals surface area contributed by atoms with Crippen LogP contribution in [0.25, 0.3) is 0 Å². The molecule has 0 aromatic heterocycles. The monoisotopic (exact) mass is 344 g/mol. The lowest BCUT2D eigenvalue weighted by molar-refractivity contribution is -0.117. The Bertz CT molecular complexity index is 761. The summed E-state index contributed by atoms with van der Waals surface area (Å²) in [7, 11) is 1.58. The highest BCUT2D eigenvalue weighted by Crippen LogP contribution is 2.25. The molecule has 1 N–H and O–H groups in total. The van der Waals surface area contributed by atoms with Crippen molar-refractivity contribution in [1.82, 2.24) is 5.32 Å². The Kier molecular flexibility index (Phi) is 4.71. The molecule has 5 nitrogen and oxygen atoms in total. The summed E-state index contributed by atoms with van der Waals surface area (Å²) in [6.45, 7) is 0.436. The number of nitrogens with zero attached hydrogens (tertiary/aromatic N) is 1. The normalized spacial score (nSPS) is 17.0. The molecule has 0 spiro atoms. The molecule has 0 bridgehead atoms. The van der Waals surface area contributed by atoms with Crippen LogP contribution >= 0.6 is 11.6 Å². The van der Waals surface area contributed by atoms with Gasteiger partial charge in [-0.25, -0.2) is 0 Å². The van der Waals surface area contributed by atoms with E-state index in [1.807, 2.05) is 18.2 Å². The van der Waals surface area contributed by atoms with Crippen LogP contribution in [0.3, 0.4) is 0 Å². The summed E-state index contributed by atoms with van der Waals surface area (Å²) in [4.78, 5) is 26.2. The summed E-state index contributed by atoms with van der Waals surface area (Å²) in [5.41, 5.74) is 1.29. The summed E-state index contributed by atoms with van der Waals surface area (Å²) >= 11 is 5.82. The van der Waals surface area contributed by atoms with Crippen LogP contribution in [-0.2, 0) is 4.79 Å². The van der Waals surface area contributed by atoms with E-state index in [1.54, 1.807) is 42.3 Å². The number of nitrogens with one attached hydrogen (secondary N) is 1. The molecule has 2 aromatic rings. The summed E-state index contributed by atoms with van der Waals surface area (Å²) in [6.07, 6.45) is 0.274. The van der Waals surface area contributed by atoms with Crippen molar-refractivity contribution in [2.24, 2.45) is 0 Å². The molecule has 0 aliphatic carbocycles. The van der Waals surface area contributed by atoms with E-state index >= 15 is 0 Å². The number of hydrogen-bond acceptors (Lipinski definition) is 3. The fraction of sp³-hybridized carbons (Fsp3) is 0.222. The van der Waals surface area contributed by atoms with E-state index in [1.165, 1.54) is 0 Å². The molecular weight excluding hydrogens is 328 g/mol. The van der Waals surface area contributed by atoms with E-state index in [-0.39, 0.29) is 24.3 Å². The zero-order valence-electron chi connectivity index (χ0n) is 13.2. The Labute approximate surface area is 145 Å². The van der Waals surface area contributed by atoms with Gasteiger partial charge in [0.2, 0.25) is 5.91 Å². The van der Waals surface area contributed by atoms with Crippen LogP contribution in [0.2, 0.25) is 5.02 Å². The third-order valence-electron chi connectivity index (χ3n) is 3.93. The maximum atomic E-state index is 12.3. The predicted octanol–water partition coefficient (Wildman–Crippen LogP) is 2.88. The number of carbonyl (C=O) groups is 2. The van der Waals surface area contributed by atoms with Gasteiger partial charge in [0.1, 0.15) is 5.75 Å². The fourth-order valence-electron chi connectivity index (χ4n) is 2.70. The first-order valence-corrected chi connectivity index (χ1v) is 7.95. The first-order chi connectivity index (χ1) is 11.6. The van der Waals surface area contributed by atoms with Crippen molar-refractivity contribution in [2.45, 2.75) is 12.5 Å². The summed E-state index contributed by atoms with van der Waals surface area (Å²) in [6, 6.07) is 13.7. The van der Waals surface area contributed by atoms with Crippen LogP contribution < -0.4 is 15.0 Å². The minimum atomic E-state index is -0.230. The van der Waals surface area contributed by atoms with Crippen molar-refractivity contribution in [3.63, 3.8) is 0 Å². The van der Waals surface area contributed by atoms with Crippen molar-refractivity contribution in [3.05, 3.63) is 59.1 Å². The Morgan fingerprint density at radius 1 is 1.25 bits per heavy atom. The highest BCUT2D eigenvalue weighted by Gasteiger charge is 2.31. The van der Waals surface area contributed by atoms with E-state index in [9.17, 15) is 9.59 Å². The predicted molar refractivity (Wildman–Crippen MR) is 92.7 cm³/mol. The number of hydrogen-bond donors (Lipinski definition) is 1. The molecule has 6 heteroatoms. The molecule has 1 unspecified atom stereocenters. The standard InChI is InChI=1S/C18H17ClN2O3/c1-24-16-4-2-3-15(10-16)21-11-14(9-17(21)22)20-18(23)12-5-7-13(19)8-6-12/h2-8,10,14H,9,11H2,1H3,(H,20,23). The van der Waals surface area contributed by atoms with Gasteiger partial charge in [-0.2, -0.15) is 0 Å². The van der Waals surface area contributed by atoms with E-state index < -0.39 is 0 Å². The molecule has 1 heterocycles. The van der Waals surface area contributed by atoms with Gasteiger partial charge in [-0.05, 0) is 36.4 Å². The maximum absolute atomic E-state index is 12.3. The molecule has 0 saturated carbocycles. The van der Waals surface area contributed by atoms with Crippen molar-refractivity contribution < 1.29 is 14.3 Å². The van der Waals surface area contributed by atoms with E-state index in [0.717, 1.165) is 5.69 Å². The summed E-state index contributed by atoms with van der Waals surface area (Å²) in [5.74, 6) is 0.454. The first-order valence-electron chi connectivity index (χ1n) is 7.57. The van der Waals surface area contributed by atoms with Gasteiger partial charge in [0.05, 0.1) is 13.2 Å². The smallest absolute Gasteiger partial charge is 0.251 e. The van der Waals surface area contributed by atoms with E-state index in [0.29, 0.717) is 22.9 Å². The second-order valence-electron chi connectivity index (χ2n) is 5.59. The van der Waals surface area contributed by atoms with Gasteiger partial charge in [0, 0.05) is 35.3 Å². The van der Waals surface area contributed by atoms with Crippen LogP contribution in [0.15, 0.2) is 48.5 Å². The summed E-state index contributed by atoms with van der Waals surface area (Å²) < 4.78 is 5.19. The average molecular weight is 345 g/mol. The minimum Gasteiger partial charge on any atom is -0.497 e. The molecular formula is C18H17ClN2O3. The SMILES string of the molecule is COc1cccc(N2CC(NC(=O)c3ccc(Cl)cc3)CC2=O)c1. The van der Waals surface area contributed by atoms with Crippen LogP contribution in [0, 0.1) is 0 Å². The lowest BCUT2D eigenvalue weighted by atomic mass is 10.2. The molecule has 1 aliphatic heterocycles. The Morgan fingerprint density at radius 3 is 2.71 bits per heavy atom. The second-order valence-corrected chi connectivity index (χ2v) is 6.02. The lowest BCUT2D eigenvalue weighted by Crippen LogP contribution is -2.37. The number of anilines is 1. The highest BCUT2D eigenvalue weighted by atomic mass is 35.5. The molecule has 2 amide bonds. The third-order valence-corrected chi connectivity index (χ3v) is 4.18.